The molecular weight excluding hydrogens is 270 g/mol. The number of aromatic nitrogens is 1. The van der Waals surface area contributed by atoms with Crippen molar-refractivity contribution in [1.29, 1.82) is 0 Å². The number of benzene rings is 1. The fourth-order valence-corrected chi connectivity index (χ4v) is 2.33. The molecule has 0 bridgehead atoms. The van der Waals surface area contributed by atoms with Gasteiger partial charge in [-0.25, -0.2) is 4.98 Å². The van der Waals surface area contributed by atoms with E-state index in [1.54, 1.807) is 0 Å². The van der Waals surface area contributed by atoms with Crippen molar-refractivity contribution in [3.8, 4) is 11.8 Å². The molecule has 1 heterocycles. The molecule has 3 nitrogen and oxygen atoms in total. The van der Waals surface area contributed by atoms with E-state index in [4.69, 9.17) is 16.7 Å². The van der Waals surface area contributed by atoms with E-state index in [9.17, 15) is 4.79 Å². The minimum Gasteiger partial charge on any atom is -0.481 e. The van der Waals surface area contributed by atoms with Gasteiger partial charge in [0.1, 0.15) is 4.88 Å². The second kappa shape index (κ2) is 5.67. The summed E-state index contributed by atoms with van der Waals surface area (Å²) in [5.74, 6) is 4.93. The van der Waals surface area contributed by atoms with Gasteiger partial charge in [0.15, 0.2) is 4.47 Å². The molecule has 1 aromatic heterocycles. The second-order valence-electron chi connectivity index (χ2n) is 3.43. The van der Waals surface area contributed by atoms with Crippen LogP contribution in [0, 0.1) is 11.8 Å². The zero-order valence-corrected chi connectivity index (χ0v) is 10.8. The summed E-state index contributed by atoms with van der Waals surface area (Å²) in [6, 6.07) is 9.45. The maximum Gasteiger partial charge on any atom is 0.309 e. The molecule has 0 unspecified atom stereocenters. The van der Waals surface area contributed by atoms with E-state index in [1.165, 1.54) is 11.3 Å². The summed E-state index contributed by atoms with van der Waals surface area (Å²) >= 11 is 6.97. The van der Waals surface area contributed by atoms with Crippen LogP contribution in [0.4, 0.5) is 0 Å². The average molecular weight is 278 g/mol. The highest BCUT2D eigenvalue weighted by Crippen LogP contribution is 2.22. The number of halogens is 1. The normalized spacial score (nSPS) is 9.61. The first-order chi connectivity index (χ1) is 8.65. The van der Waals surface area contributed by atoms with E-state index in [1.807, 2.05) is 30.3 Å². The lowest BCUT2D eigenvalue weighted by atomic mass is 10.2. The molecule has 1 aromatic carbocycles. The molecular formula is C13H8ClNO2S. The van der Waals surface area contributed by atoms with Gasteiger partial charge in [0, 0.05) is 5.56 Å². The molecule has 0 saturated carbocycles. The van der Waals surface area contributed by atoms with Crippen LogP contribution in [0.25, 0.3) is 0 Å². The molecule has 0 fully saturated rings. The van der Waals surface area contributed by atoms with Crippen molar-refractivity contribution in [2.24, 2.45) is 0 Å². The monoisotopic (exact) mass is 277 g/mol. The number of carboxylic acids is 1. The summed E-state index contributed by atoms with van der Waals surface area (Å²) in [5.41, 5.74) is 1.28. The molecule has 0 amide bonds. The Morgan fingerprint density at radius 3 is 2.72 bits per heavy atom. The summed E-state index contributed by atoms with van der Waals surface area (Å²) in [5, 5.41) is 8.76. The molecule has 0 saturated heterocycles. The fourth-order valence-electron chi connectivity index (χ4n) is 1.33. The van der Waals surface area contributed by atoms with Crippen molar-refractivity contribution in [2.45, 2.75) is 6.42 Å². The third-order valence-electron chi connectivity index (χ3n) is 2.08. The van der Waals surface area contributed by atoms with E-state index in [-0.39, 0.29) is 6.42 Å². The number of hydrogen-bond acceptors (Lipinski definition) is 3. The van der Waals surface area contributed by atoms with Crippen LogP contribution in [0.15, 0.2) is 30.3 Å². The molecule has 5 heteroatoms. The van der Waals surface area contributed by atoms with Gasteiger partial charge in [-0.05, 0) is 18.1 Å². The lowest BCUT2D eigenvalue weighted by Crippen LogP contribution is -2.01. The molecule has 0 aliphatic heterocycles. The lowest BCUT2D eigenvalue weighted by Gasteiger charge is -1.90. The van der Waals surface area contributed by atoms with Gasteiger partial charge < -0.3 is 5.11 Å². The van der Waals surface area contributed by atoms with E-state index in [0.29, 0.717) is 15.0 Å². The standard InChI is InChI=1S/C13H8ClNO2S/c14-13-15-10(8-12(16)17)11(18-13)7-6-9-4-2-1-3-5-9/h1-5H,8H2,(H,16,17). The molecule has 0 aliphatic rings. The zero-order chi connectivity index (χ0) is 13.0. The average Bonchev–Trinajstić information content (AvgIpc) is 2.67. The van der Waals surface area contributed by atoms with Gasteiger partial charge in [0.2, 0.25) is 0 Å². The highest BCUT2D eigenvalue weighted by Gasteiger charge is 2.11. The van der Waals surface area contributed by atoms with Gasteiger partial charge in [-0.1, -0.05) is 47.1 Å². The highest BCUT2D eigenvalue weighted by atomic mass is 35.5. The van der Waals surface area contributed by atoms with Crippen molar-refractivity contribution in [1.82, 2.24) is 4.98 Å². The molecule has 90 valence electrons. The van der Waals surface area contributed by atoms with Gasteiger partial charge >= 0.3 is 5.97 Å². The van der Waals surface area contributed by atoms with Gasteiger partial charge in [0.25, 0.3) is 0 Å². The Balaban J connectivity index is 2.29. The van der Waals surface area contributed by atoms with Crippen LogP contribution in [0.3, 0.4) is 0 Å². The minimum atomic E-state index is -0.945. The van der Waals surface area contributed by atoms with E-state index >= 15 is 0 Å². The summed E-state index contributed by atoms with van der Waals surface area (Å²) in [7, 11) is 0. The molecule has 2 rings (SSSR count). The number of nitrogens with zero attached hydrogens (tertiary/aromatic N) is 1. The summed E-state index contributed by atoms with van der Waals surface area (Å²) in [6.07, 6.45) is -0.165. The molecule has 0 atom stereocenters. The Morgan fingerprint density at radius 1 is 1.33 bits per heavy atom. The Bertz CT molecular complexity index is 625. The Hall–Kier alpha value is -1.83. The van der Waals surface area contributed by atoms with Crippen molar-refractivity contribution >= 4 is 28.9 Å². The van der Waals surface area contributed by atoms with Crippen molar-refractivity contribution in [3.05, 3.63) is 50.9 Å². The van der Waals surface area contributed by atoms with Crippen molar-refractivity contribution in [3.63, 3.8) is 0 Å². The van der Waals surface area contributed by atoms with Gasteiger partial charge in [-0.3, -0.25) is 4.79 Å². The number of carbonyl (C=O) groups is 1. The van der Waals surface area contributed by atoms with Gasteiger partial charge in [-0.2, -0.15) is 0 Å². The number of aliphatic carboxylic acids is 1. The van der Waals surface area contributed by atoms with Crippen molar-refractivity contribution < 1.29 is 9.90 Å². The smallest absolute Gasteiger partial charge is 0.309 e. The van der Waals surface area contributed by atoms with E-state index in [0.717, 1.165) is 5.56 Å². The Labute approximate surface area is 113 Å². The zero-order valence-electron chi connectivity index (χ0n) is 9.18. The van der Waals surface area contributed by atoms with Crippen LogP contribution >= 0.6 is 22.9 Å². The summed E-state index contributed by atoms with van der Waals surface area (Å²) in [4.78, 5) is 15.2. The fraction of sp³-hybridized carbons (Fsp3) is 0.0769. The maximum absolute atomic E-state index is 10.7. The van der Waals surface area contributed by atoms with Crippen LogP contribution in [0.1, 0.15) is 16.1 Å². The Kier molecular flexibility index (Phi) is 3.98. The first-order valence-corrected chi connectivity index (χ1v) is 6.28. The summed E-state index contributed by atoms with van der Waals surface area (Å²) < 4.78 is 0.309. The van der Waals surface area contributed by atoms with Crippen LogP contribution in [0.5, 0.6) is 0 Å². The highest BCUT2D eigenvalue weighted by molar-refractivity contribution is 7.16. The number of rotatable bonds is 2. The van der Waals surface area contributed by atoms with Crippen LogP contribution in [0.2, 0.25) is 4.47 Å². The van der Waals surface area contributed by atoms with Crippen molar-refractivity contribution in [2.75, 3.05) is 0 Å². The third-order valence-corrected chi connectivity index (χ3v) is 3.20. The largest absolute Gasteiger partial charge is 0.481 e. The molecule has 1 N–H and O–H groups in total. The first-order valence-electron chi connectivity index (χ1n) is 5.09. The quantitative estimate of drug-likeness (QED) is 0.859. The Morgan fingerprint density at radius 2 is 2.06 bits per heavy atom. The first kappa shape index (κ1) is 12.6. The third kappa shape index (κ3) is 3.33. The topological polar surface area (TPSA) is 50.2 Å². The van der Waals surface area contributed by atoms with Gasteiger partial charge in [-0.15, -0.1) is 0 Å². The van der Waals surface area contributed by atoms with E-state index in [2.05, 4.69) is 16.8 Å². The molecule has 18 heavy (non-hydrogen) atoms. The molecule has 0 radical (unpaired) electrons. The summed E-state index contributed by atoms with van der Waals surface area (Å²) in [6.45, 7) is 0. The van der Waals surface area contributed by atoms with E-state index < -0.39 is 5.97 Å². The van der Waals surface area contributed by atoms with Crippen LogP contribution in [-0.2, 0) is 11.2 Å². The maximum atomic E-state index is 10.7. The lowest BCUT2D eigenvalue weighted by molar-refractivity contribution is -0.136. The molecule has 0 spiro atoms. The number of hydrogen-bond donors (Lipinski definition) is 1. The van der Waals surface area contributed by atoms with Gasteiger partial charge in [0.05, 0.1) is 12.1 Å². The molecule has 2 aromatic rings. The second-order valence-corrected chi connectivity index (χ2v) is 5.01. The minimum absolute atomic E-state index is 0.165. The predicted molar refractivity (Wildman–Crippen MR) is 70.9 cm³/mol. The molecule has 0 aliphatic carbocycles. The van der Waals surface area contributed by atoms with Crippen LogP contribution in [-0.4, -0.2) is 16.1 Å². The van der Waals surface area contributed by atoms with Crippen LogP contribution < -0.4 is 0 Å². The number of thiazole rings is 1. The SMILES string of the molecule is O=C(O)Cc1nc(Cl)sc1C#Cc1ccccc1. The number of carboxylic acid groups (broad SMARTS) is 1. The predicted octanol–water partition coefficient (Wildman–Crippen LogP) is 2.82.